The van der Waals surface area contributed by atoms with Crippen LogP contribution in [0.5, 0.6) is 0 Å². The minimum Gasteiger partial charge on any atom is -0.416 e. The first kappa shape index (κ1) is 7.97. The second-order valence-corrected chi connectivity index (χ2v) is 2.98. The lowest BCUT2D eigenvalue weighted by Gasteiger charge is -1.87. The summed E-state index contributed by atoms with van der Waals surface area (Å²) in [6.45, 7) is 2.14. The van der Waals surface area contributed by atoms with Gasteiger partial charge in [-0.3, -0.25) is 0 Å². The monoisotopic (exact) mass is 252 g/mol. The van der Waals surface area contributed by atoms with Crippen molar-refractivity contribution in [3.8, 4) is 0 Å². The number of halogens is 1. The van der Waals surface area contributed by atoms with Gasteiger partial charge in [-0.15, -0.1) is 10.2 Å². The van der Waals surface area contributed by atoms with Gasteiger partial charge in [0.2, 0.25) is 5.89 Å². The molecule has 56 valence electrons. The van der Waals surface area contributed by atoms with Crippen molar-refractivity contribution in [1.29, 1.82) is 0 Å². The maximum atomic E-state index is 5.15. The predicted octanol–water partition coefficient (Wildman–Crippen LogP) is 2.02. The molecule has 1 rings (SSSR count). The van der Waals surface area contributed by atoms with Crippen LogP contribution in [-0.2, 0) is 6.42 Å². The van der Waals surface area contributed by atoms with Crippen molar-refractivity contribution < 1.29 is 4.42 Å². The summed E-state index contributed by atoms with van der Waals surface area (Å²) in [5, 5.41) is 7.57. The molecule has 4 heteroatoms. The van der Waals surface area contributed by atoms with Gasteiger partial charge in [-0.2, -0.15) is 0 Å². The van der Waals surface area contributed by atoms with Crippen LogP contribution in [0.4, 0.5) is 0 Å². The summed E-state index contributed by atoms with van der Waals surface area (Å²) in [7, 11) is 0. The van der Waals surface area contributed by atoms with Crippen LogP contribution in [0.1, 0.15) is 25.7 Å². The minimum atomic E-state index is 0.628. The lowest BCUT2D eigenvalue weighted by molar-refractivity contribution is 0.462. The summed E-state index contributed by atoms with van der Waals surface area (Å²) in [6, 6.07) is 0. The highest BCUT2D eigenvalue weighted by Crippen LogP contribution is 2.05. The molecular weight excluding hydrogens is 243 g/mol. The van der Waals surface area contributed by atoms with E-state index in [1.54, 1.807) is 0 Å². The van der Waals surface area contributed by atoms with Crippen molar-refractivity contribution in [2.75, 3.05) is 0 Å². The molecular formula is C6H9IN2O. The Balaban J connectivity index is 2.42. The second kappa shape index (κ2) is 3.90. The molecule has 1 aromatic heterocycles. The van der Waals surface area contributed by atoms with Crippen LogP contribution in [0.15, 0.2) is 4.42 Å². The van der Waals surface area contributed by atoms with Crippen LogP contribution in [0.2, 0.25) is 0 Å². The third-order valence-corrected chi connectivity index (χ3v) is 1.62. The van der Waals surface area contributed by atoms with Gasteiger partial charge in [-0.05, 0) is 6.42 Å². The van der Waals surface area contributed by atoms with E-state index in [0.717, 1.165) is 18.7 Å². The number of rotatable bonds is 3. The van der Waals surface area contributed by atoms with Crippen LogP contribution in [-0.4, -0.2) is 10.2 Å². The maximum Gasteiger partial charge on any atom is 0.278 e. The molecule has 0 saturated heterocycles. The average Bonchev–Trinajstić information content (AvgIpc) is 2.31. The zero-order valence-electron chi connectivity index (χ0n) is 5.80. The Hall–Kier alpha value is -0.130. The van der Waals surface area contributed by atoms with E-state index >= 15 is 0 Å². The van der Waals surface area contributed by atoms with Crippen molar-refractivity contribution in [2.24, 2.45) is 0 Å². The average molecular weight is 252 g/mol. The first-order chi connectivity index (χ1) is 4.83. The first-order valence-corrected chi connectivity index (χ1v) is 4.38. The number of hydrogen-bond acceptors (Lipinski definition) is 3. The Labute approximate surface area is 73.4 Å². The van der Waals surface area contributed by atoms with Gasteiger partial charge in [0.25, 0.3) is 3.90 Å². The largest absolute Gasteiger partial charge is 0.416 e. The topological polar surface area (TPSA) is 38.9 Å². The number of hydrogen-bond donors (Lipinski definition) is 0. The second-order valence-electron chi connectivity index (χ2n) is 2.05. The molecule has 0 aliphatic rings. The fourth-order valence-electron chi connectivity index (χ4n) is 0.662. The fraction of sp³-hybridized carbons (Fsp3) is 0.667. The molecule has 0 aliphatic heterocycles. The van der Waals surface area contributed by atoms with Crippen LogP contribution in [0, 0.1) is 3.90 Å². The summed E-state index contributed by atoms with van der Waals surface area (Å²) in [5.74, 6) is 0.756. The van der Waals surface area contributed by atoms with Gasteiger partial charge >= 0.3 is 0 Å². The van der Waals surface area contributed by atoms with E-state index in [9.17, 15) is 0 Å². The maximum absolute atomic E-state index is 5.15. The van der Waals surface area contributed by atoms with Gasteiger partial charge in [0, 0.05) is 29.0 Å². The quantitative estimate of drug-likeness (QED) is 0.772. The molecule has 0 spiro atoms. The molecule has 1 heterocycles. The molecule has 0 aromatic carbocycles. The molecule has 0 fully saturated rings. The highest BCUT2D eigenvalue weighted by atomic mass is 127. The Morgan fingerprint density at radius 3 is 2.80 bits per heavy atom. The summed E-state index contributed by atoms with van der Waals surface area (Å²) in [5.41, 5.74) is 0. The Kier molecular flexibility index (Phi) is 3.11. The SMILES string of the molecule is CCCCc1nnc(I)o1. The third kappa shape index (κ3) is 2.24. The summed E-state index contributed by atoms with van der Waals surface area (Å²) >= 11 is 2.01. The van der Waals surface area contributed by atoms with E-state index in [4.69, 9.17) is 4.42 Å². The van der Waals surface area contributed by atoms with Crippen molar-refractivity contribution in [2.45, 2.75) is 26.2 Å². The molecule has 0 aliphatic carbocycles. The number of aryl methyl sites for hydroxylation is 1. The van der Waals surface area contributed by atoms with Gasteiger partial charge in [-0.1, -0.05) is 13.3 Å². The van der Waals surface area contributed by atoms with Crippen LogP contribution in [0.25, 0.3) is 0 Å². The molecule has 0 bridgehead atoms. The minimum absolute atomic E-state index is 0.628. The van der Waals surface area contributed by atoms with E-state index < -0.39 is 0 Å². The zero-order chi connectivity index (χ0) is 7.40. The van der Waals surface area contributed by atoms with Crippen LogP contribution < -0.4 is 0 Å². The van der Waals surface area contributed by atoms with Crippen LogP contribution >= 0.6 is 22.6 Å². The van der Waals surface area contributed by atoms with Crippen LogP contribution in [0.3, 0.4) is 0 Å². The highest BCUT2D eigenvalue weighted by molar-refractivity contribution is 14.1. The predicted molar refractivity (Wildman–Crippen MR) is 45.6 cm³/mol. The summed E-state index contributed by atoms with van der Waals surface area (Å²) in [6.07, 6.45) is 3.20. The van der Waals surface area contributed by atoms with Crippen molar-refractivity contribution in [3.05, 3.63) is 9.79 Å². The number of aromatic nitrogens is 2. The molecule has 0 radical (unpaired) electrons. The van der Waals surface area contributed by atoms with Gasteiger partial charge in [0.15, 0.2) is 0 Å². The van der Waals surface area contributed by atoms with E-state index in [1.807, 2.05) is 22.6 Å². The third-order valence-electron chi connectivity index (χ3n) is 1.19. The molecule has 10 heavy (non-hydrogen) atoms. The van der Waals surface area contributed by atoms with Gasteiger partial charge in [0.05, 0.1) is 0 Å². The van der Waals surface area contributed by atoms with E-state index in [1.165, 1.54) is 6.42 Å². The lowest BCUT2D eigenvalue weighted by atomic mass is 10.2. The molecule has 0 amide bonds. The fourth-order valence-corrected chi connectivity index (χ4v) is 1.02. The Bertz CT molecular complexity index is 199. The van der Waals surface area contributed by atoms with Crippen molar-refractivity contribution in [3.63, 3.8) is 0 Å². The summed E-state index contributed by atoms with van der Waals surface area (Å²) in [4.78, 5) is 0. The summed E-state index contributed by atoms with van der Waals surface area (Å²) < 4.78 is 5.78. The first-order valence-electron chi connectivity index (χ1n) is 3.31. The highest BCUT2D eigenvalue weighted by Gasteiger charge is 2.00. The molecule has 3 nitrogen and oxygen atoms in total. The standard InChI is InChI=1S/C6H9IN2O/c1-2-3-4-5-8-9-6(7)10-5/h2-4H2,1H3. The Morgan fingerprint density at radius 2 is 2.30 bits per heavy atom. The molecule has 1 aromatic rings. The van der Waals surface area contributed by atoms with Gasteiger partial charge < -0.3 is 4.42 Å². The molecule has 0 atom stereocenters. The van der Waals surface area contributed by atoms with Gasteiger partial charge in [-0.25, -0.2) is 0 Å². The normalized spacial score (nSPS) is 10.2. The molecule has 0 unspecified atom stereocenters. The smallest absolute Gasteiger partial charge is 0.278 e. The van der Waals surface area contributed by atoms with Gasteiger partial charge in [0.1, 0.15) is 0 Å². The number of nitrogens with zero attached hydrogens (tertiary/aromatic N) is 2. The lowest BCUT2D eigenvalue weighted by Crippen LogP contribution is -1.83. The van der Waals surface area contributed by atoms with E-state index in [0.29, 0.717) is 3.90 Å². The Morgan fingerprint density at radius 1 is 1.50 bits per heavy atom. The number of unbranched alkanes of at least 4 members (excludes halogenated alkanes) is 1. The van der Waals surface area contributed by atoms with Crippen molar-refractivity contribution >= 4 is 22.6 Å². The van der Waals surface area contributed by atoms with Crippen molar-refractivity contribution in [1.82, 2.24) is 10.2 Å². The molecule has 0 saturated carbocycles. The molecule has 0 N–H and O–H groups in total. The van der Waals surface area contributed by atoms with E-state index in [2.05, 4.69) is 17.1 Å². The zero-order valence-corrected chi connectivity index (χ0v) is 7.96. The van der Waals surface area contributed by atoms with E-state index in [-0.39, 0.29) is 0 Å².